The van der Waals surface area contributed by atoms with Crippen molar-refractivity contribution in [3.63, 3.8) is 0 Å². The van der Waals surface area contributed by atoms with E-state index in [9.17, 15) is 4.39 Å². The second-order valence-corrected chi connectivity index (χ2v) is 6.06. The first-order chi connectivity index (χ1) is 10.2. The molecule has 0 saturated heterocycles. The third kappa shape index (κ3) is 3.40. The number of ether oxygens (including phenoxy) is 1. The monoisotopic (exact) mass is 320 g/mol. The van der Waals surface area contributed by atoms with Crippen molar-refractivity contribution in [1.29, 1.82) is 0 Å². The number of aromatic nitrogens is 1. The molecule has 3 aromatic rings. The third-order valence-corrected chi connectivity index (χ3v) is 4.46. The maximum Gasteiger partial charge on any atom is 0.187 e. The molecule has 21 heavy (non-hydrogen) atoms. The van der Waals surface area contributed by atoms with Gasteiger partial charge in [0.15, 0.2) is 16.7 Å². The minimum Gasteiger partial charge on any atom is -0.494 e. The van der Waals surface area contributed by atoms with Crippen LogP contribution in [0.2, 0.25) is 0 Å². The van der Waals surface area contributed by atoms with Crippen LogP contribution in [-0.4, -0.2) is 12.1 Å². The molecule has 0 aliphatic rings. The fourth-order valence-corrected chi connectivity index (χ4v) is 3.31. The molecule has 3 rings (SSSR count). The van der Waals surface area contributed by atoms with Gasteiger partial charge in [0.25, 0.3) is 0 Å². The zero-order valence-electron chi connectivity index (χ0n) is 11.3. The minimum absolute atomic E-state index is 0.218. The number of anilines is 2. The predicted octanol–water partition coefficient (Wildman–Crippen LogP) is 4.69. The van der Waals surface area contributed by atoms with Gasteiger partial charge in [0, 0.05) is 23.6 Å². The van der Waals surface area contributed by atoms with E-state index in [2.05, 4.69) is 27.1 Å². The van der Waals surface area contributed by atoms with Crippen LogP contribution in [0.15, 0.2) is 40.4 Å². The fraction of sp³-hybridized carbons (Fsp3) is 0.133. The summed E-state index contributed by atoms with van der Waals surface area (Å²) in [6.07, 6.45) is 0.828. The van der Waals surface area contributed by atoms with Gasteiger partial charge in [-0.3, -0.25) is 0 Å². The van der Waals surface area contributed by atoms with Gasteiger partial charge >= 0.3 is 0 Å². The van der Waals surface area contributed by atoms with Crippen molar-refractivity contribution in [3.05, 3.63) is 57.5 Å². The van der Waals surface area contributed by atoms with Crippen LogP contribution in [0.25, 0.3) is 0 Å². The van der Waals surface area contributed by atoms with Crippen molar-refractivity contribution in [1.82, 2.24) is 4.98 Å². The average Bonchev–Trinajstić information content (AvgIpc) is 3.14. The van der Waals surface area contributed by atoms with Crippen LogP contribution in [0.1, 0.15) is 11.3 Å². The lowest BCUT2D eigenvalue weighted by atomic mass is 10.2. The van der Waals surface area contributed by atoms with Crippen molar-refractivity contribution in [2.24, 2.45) is 0 Å². The summed E-state index contributed by atoms with van der Waals surface area (Å²) in [5, 5.41) is 10.2. The van der Waals surface area contributed by atoms with Crippen molar-refractivity contribution >= 4 is 33.5 Å². The molecule has 0 atom stereocenters. The molecule has 6 heteroatoms. The Morgan fingerprint density at radius 3 is 2.95 bits per heavy atom. The highest BCUT2D eigenvalue weighted by Crippen LogP contribution is 2.26. The first-order valence-corrected chi connectivity index (χ1v) is 8.13. The van der Waals surface area contributed by atoms with E-state index in [-0.39, 0.29) is 11.6 Å². The van der Waals surface area contributed by atoms with Crippen molar-refractivity contribution in [2.75, 3.05) is 12.4 Å². The van der Waals surface area contributed by atoms with Gasteiger partial charge in [-0.05, 0) is 34.5 Å². The zero-order valence-corrected chi connectivity index (χ0v) is 12.9. The van der Waals surface area contributed by atoms with Crippen LogP contribution in [0, 0.1) is 5.82 Å². The summed E-state index contributed by atoms with van der Waals surface area (Å²) in [4.78, 5) is 4.54. The lowest BCUT2D eigenvalue weighted by molar-refractivity contribution is 0.387. The SMILES string of the molecule is COc1cc(Nc2nc(Cc3ccsc3)cs2)ccc1F. The van der Waals surface area contributed by atoms with E-state index >= 15 is 0 Å². The number of thiophene rings is 1. The number of nitrogens with one attached hydrogen (secondary N) is 1. The largest absolute Gasteiger partial charge is 0.494 e. The van der Waals surface area contributed by atoms with E-state index in [1.165, 1.54) is 30.1 Å². The second kappa shape index (κ2) is 6.24. The van der Waals surface area contributed by atoms with E-state index in [1.807, 2.05) is 5.38 Å². The number of nitrogens with zero attached hydrogens (tertiary/aromatic N) is 1. The summed E-state index contributed by atoms with van der Waals surface area (Å²) in [7, 11) is 1.45. The van der Waals surface area contributed by atoms with Gasteiger partial charge in [-0.15, -0.1) is 11.3 Å². The quantitative estimate of drug-likeness (QED) is 0.741. The van der Waals surface area contributed by atoms with Crippen molar-refractivity contribution in [3.8, 4) is 5.75 Å². The summed E-state index contributed by atoms with van der Waals surface area (Å²) in [5.74, 6) is -0.157. The van der Waals surface area contributed by atoms with E-state index in [0.29, 0.717) is 0 Å². The van der Waals surface area contributed by atoms with Gasteiger partial charge in [0.2, 0.25) is 0 Å². The van der Waals surface area contributed by atoms with Gasteiger partial charge in [-0.1, -0.05) is 0 Å². The smallest absolute Gasteiger partial charge is 0.187 e. The highest BCUT2D eigenvalue weighted by atomic mass is 32.1. The number of methoxy groups -OCH3 is 1. The molecule has 0 aliphatic heterocycles. The van der Waals surface area contributed by atoms with Gasteiger partial charge in [-0.2, -0.15) is 11.3 Å². The molecule has 0 amide bonds. The number of benzene rings is 1. The molecule has 2 aromatic heterocycles. The molecule has 0 aliphatic carbocycles. The first-order valence-electron chi connectivity index (χ1n) is 6.30. The Morgan fingerprint density at radius 1 is 1.29 bits per heavy atom. The molecular weight excluding hydrogens is 307 g/mol. The number of hydrogen-bond donors (Lipinski definition) is 1. The summed E-state index contributed by atoms with van der Waals surface area (Å²) in [6, 6.07) is 6.76. The fourth-order valence-electron chi connectivity index (χ4n) is 1.91. The number of halogens is 1. The van der Waals surface area contributed by atoms with Crippen LogP contribution >= 0.6 is 22.7 Å². The van der Waals surface area contributed by atoms with Crippen molar-refractivity contribution in [2.45, 2.75) is 6.42 Å². The molecular formula is C15H13FN2OS2. The summed E-state index contributed by atoms with van der Waals surface area (Å²) >= 11 is 3.21. The molecule has 0 unspecified atom stereocenters. The third-order valence-electron chi connectivity index (χ3n) is 2.92. The standard InChI is InChI=1S/C15H13FN2OS2/c1-19-14-7-11(2-3-13(14)16)17-15-18-12(9-21-15)6-10-4-5-20-8-10/h2-5,7-9H,6H2,1H3,(H,17,18). The van der Waals surface area contributed by atoms with E-state index in [1.54, 1.807) is 23.5 Å². The maximum atomic E-state index is 13.4. The molecule has 0 saturated carbocycles. The molecule has 1 aromatic carbocycles. The molecule has 0 bridgehead atoms. The molecule has 1 N–H and O–H groups in total. The van der Waals surface area contributed by atoms with Gasteiger partial charge in [0.05, 0.1) is 12.8 Å². The Morgan fingerprint density at radius 2 is 2.19 bits per heavy atom. The van der Waals surface area contributed by atoms with Crippen LogP contribution in [-0.2, 0) is 6.42 Å². The second-order valence-electron chi connectivity index (χ2n) is 4.43. The molecule has 0 spiro atoms. The Hall–Kier alpha value is -1.92. The Balaban J connectivity index is 1.72. The highest BCUT2D eigenvalue weighted by Gasteiger charge is 2.07. The summed E-state index contributed by atoms with van der Waals surface area (Å²) < 4.78 is 18.3. The van der Waals surface area contributed by atoms with Crippen LogP contribution in [0.4, 0.5) is 15.2 Å². The first kappa shape index (κ1) is 14.0. The number of thiazole rings is 1. The molecule has 2 heterocycles. The van der Waals surface area contributed by atoms with Crippen molar-refractivity contribution < 1.29 is 9.13 Å². The zero-order chi connectivity index (χ0) is 14.7. The Kier molecular flexibility index (Phi) is 4.17. The predicted molar refractivity (Wildman–Crippen MR) is 85.5 cm³/mol. The number of rotatable bonds is 5. The molecule has 0 radical (unpaired) electrons. The summed E-state index contributed by atoms with van der Waals surface area (Å²) in [6.45, 7) is 0. The molecule has 0 fully saturated rings. The minimum atomic E-state index is -0.375. The number of hydrogen-bond acceptors (Lipinski definition) is 5. The molecule has 3 nitrogen and oxygen atoms in total. The Bertz CT molecular complexity index is 725. The maximum absolute atomic E-state index is 13.4. The van der Waals surface area contributed by atoms with Crippen LogP contribution in [0.5, 0.6) is 5.75 Å². The Labute approximate surface area is 130 Å². The van der Waals surface area contributed by atoms with Crippen LogP contribution in [0.3, 0.4) is 0 Å². The molecule has 108 valence electrons. The van der Waals surface area contributed by atoms with E-state index < -0.39 is 0 Å². The van der Waals surface area contributed by atoms with Crippen LogP contribution < -0.4 is 10.1 Å². The topological polar surface area (TPSA) is 34.1 Å². The van der Waals surface area contributed by atoms with E-state index in [4.69, 9.17) is 4.74 Å². The summed E-state index contributed by atoms with van der Waals surface area (Å²) in [5.41, 5.74) is 3.04. The lowest BCUT2D eigenvalue weighted by Crippen LogP contribution is -1.94. The average molecular weight is 320 g/mol. The van der Waals surface area contributed by atoms with Gasteiger partial charge in [0.1, 0.15) is 0 Å². The normalized spacial score (nSPS) is 10.6. The van der Waals surface area contributed by atoms with E-state index in [0.717, 1.165) is 22.9 Å². The lowest BCUT2D eigenvalue weighted by Gasteiger charge is -2.06. The van der Waals surface area contributed by atoms with Gasteiger partial charge < -0.3 is 10.1 Å². The highest BCUT2D eigenvalue weighted by molar-refractivity contribution is 7.13. The van der Waals surface area contributed by atoms with Gasteiger partial charge in [-0.25, -0.2) is 9.37 Å².